The third-order valence-corrected chi connectivity index (χ3v) is 3.32. The highest BCUT2D eigenvalue weighted by atomic mass is 79.9. The Kier molecular flexibility index (Phi) is 3.15. The predicted molar refractivity (Wildman–Crippen MR) is 69.4 cm³/mol. The third kappa shape index (κ3) is 2.19. The lowest BCUT2D eigenvalue weighted by Crippen LogP contribution is -2.27. The smallest absolute Gasteiger partial charge is 0.269 e. The number of rotatable bonds is 2. The molecule has 0 radical (unpaired) electrons. The molecule has 0 unspecified atom stereocenters. The number of hydrogen-bond donors (Lipinski definition) is 0. The molecule has 3 rings (SSSR count). The van der Waals surface area contributed by atoms with Crippen LogP contribution in [0.5, 0.6) is 0 Å². The molecule has 1 aromatic carbocycles. The van der Waals surface area contributed by atoms with E-state index in [0.717, 1.165) is 15.5 Å². The first-order valence-electron chi connectivity index (χ1n) is 5.62. The first kappa shape index (κ1) is 11.8. The van der Waals surface area contributed by atoms with Crippen molar-refractivity contribution < 1.29 is 9.47 Å². The molecule has 0 N–H and O–H groups in total. The molecular formula is C12H11BrN2O3. The van der Waals surface area contributed by atoms with Gasteiger partial charge >= 0.3 is 0 Å². The lowest BCUT2D eigenvalue weighted by Gasteiger charge is -2.13. The van der Waals surface area contributed by atoms with E-state index >= 15 is 0 Å². The predicted octanol–water partition coefficient (Wildman–Crippen LogP) is 1.53. The standard InChI is InChI=1S/C12H11BrN2O3/c13-8-1-2-9-10(5-8)15(11(16)6-14-9)7-12-17-3-4-18-12/h1-2,5-6,12H,3-4,7H2. The van der Waals surface area contributed by atoms with E-state index in [2.05, 4.69) is 20.9 Å². The van der Waals surface area contributed by atoms with E-state index in [4.69, 9.17) is 9.47 Å². The Bertz CT molecular complexity index is 635. The van der Waals surface area contributed by atoms with Crippen molar-refractivity contribution in [1.29, 1.82) is 0 Å². The van der Waals surface area contributed by atoms with Crippen LogP contribution in [0.1, 0.15) is 0 Å². The van der Waals surface area contributed by atoms with Gasteiger partial charge in [0.05, 0.1) is 37.0 Å². The zero-order valence-corrected chi connectivity index (χ0v) is 11.1. The molecule has 1 fully saturated rings. The van der Waals surface area contributed by atoms with Crippen molar-refractivity contribution in [3.8, 4) is 0 Å². The summed E-state index contributed by atoms with van der Waals surface area (Å²) in [5.74, 6) is 0. The number of hydrogen-bond acceptors (Lipinski definition) is 4. The Hall–Kier alpha value is -1.24. The van der Waals surface area contributed by atoms with Crippen LogP contribution in [-0.2, 0) is 16.0 Å². The summed E-state index contributed by atoms with van der Waals surface area (Å²) >= 11 is 3.40. The van der Waals surface area contributed by atoms with Gasteiger partial charge in [-0.05, 0) is 18.2 Å². The molecule has 6 heteroatoms. The molecule has 0 saturated carbocycles. The maximum Gasteiger partial charge on any atom is 0.269 e. The fourth-order valence-corrected chi connectivity index (χ4v) is 2.33. The van der Waals surface area contributed by atoms with Gasteiger partial charge in [0, 0.05) is 4.47 Å². The average molecular weight is 311 g/mol. The Balaban J connectivity index is 2.10. The van der Waals surface area contributed by atoms with Gasteiger partial charge in [-0.3, -0.25) is 4.79 Å². The lowest BCUT2D eigenvalue weighted by molar-refractivity contribution is -0.0523. The second-order valence-corrected chi connectivity index (χ2v) is 4.93. The van der Waals surface area contributed by atoms with Gasteiger partial charge in [0.1, 0.15) is 0 Å². The zero-order valence-electron chi connectivity index (χ0n) is 9.51. The summed E-state index contributed by atoms with van der Waals surface area (Å²) in [4.78, 5) is 16.0. The summed E-state index contributed by atoms with van der Waals surface area (Å²) in [7, 11) is 0. The molecule has 0 aliphatic carbocycles. The molecule has 1 aromatic heterocycles. The van der Waals surface area contributed by atoms with Gasteiger partial charge in [-0.1, -0.05) is 15.9 Å². The average Bonchev–Trinajstić information content (AvgIpc) is 2.86. The van der Waals surface area contributed by atoms with Crippen LogP contribution in [0.4, 0.5) is 0 Å². The molecular weight excluding hydrogens is 300 g/mol. The third-order valence-electron chi connectivity index (χ3n) is 2.83. The monoisotopic (exact) mass is 310 g/mol. The second-order valence-electron chi connectivity index (χ2n) is 4.01. The maximum atomic E-state index is 11.9. The fraction of sp³-hybridized carbons (Fsp3) is 0.333. The lowest BCUT2D eigenvalue weighted by atomic mass is 10.3. The number of halogens is 1. The normalized spacial score (nSPS) is 16.5. The fourth-order valence-electron chi connectivity index (χ4n) is 1.99. The van der Waals surface area contributed by atoms with E-state index in [9.17, 15) is 4.79 Å². The second kappa shape index (κ2) is 4.79. The molecule has 0 bridgehead atoms. The van der Waals surface area contributed by atoms with Crippen molar-refractivity contribution >= 4 is 27.0 Å². The molecule has 0 spiro atoms. The van der Waals surface area contributed by atoms with Gasteiger partial charge in [-0.25, -0.2) is 4.98 Å². The van der Waals surface area contributed by atoms with Gasteiger partial charge in [-0.2, -0.15) is 0 Å². The highest BCUT2D eigenvalue weighted by Crippen LogP contribution is 2.18. The Morgan fingerprint density at radius 2 is 2.17 bits per heavy atom. The molecule has 5 nitrogen and oxygen atoms in total. The number of benzene rings is 1. The minimum Gasteiger partial charge on any atom is -0.348 e. The summed E-state index contributed by atoms with van der Waals surface area (Å²) in [5.41, 5.74) is 1.39. The summed E-state index contributed by atoms with van der Waals surface area (Å²) < 4.78 is 13.3. The first-order chi connectivity index (χ1) is 8.74. The summed E-state index contributed by atoms with van der Waals surface area (Å²) in [6, 6.07) is 5.64. The first-order valence-corrected chi connectivity index (χ1v) is 6.42. The van der Waals surface area contributed by atoms with Crippen LogP contribution in [0.15, 0.2) is 33.7 Å². The summed E-state index contributed by atoms with van der Waals surface area (Å²) in [5, 5.41) is 0. The van der Waals surface area contributed by atoms with E-state index in [1.165, 1.54) is 6.20 Å². The van der Waals surface area contributed by atoms with E-state index in [1.807, 2.05) is 18.2 Å². The van der Waals surface area contributed by atoms with E-state index in [1.54, 1.807) is 4.57 Å². The zero-order chi connectivity index (χ0) is 12.5. The minimum absolute atomic E-state index is 0.153. The van der Waals surface area contributed by atoms with E-state index in [0.29, 0.717) is 19.8 Å². The highest BCUT2D eigenvalue weighted by Gasteiger charge is 2.18. The Morgan fingerprint density at radius 1 is 1.39 bits per heavy atom. The number of fused-ring (bicyclic) bond motifs is 1. The van der Waals surface area contributed by atoms with Crippen LogP contribution in [0, 0.1) is 0 Å². The van der Waals surface area contributed by atoms with Crippen molar-refractivity contribution in [1.82, 2.24) is 9.55 Å². The molecule has 0 amide bonds. The van der Waals surface area contributed by atoms with Gasteiger partial charge in [0.2, 0.25) is 0 Å². The topological polar surface area (TPSA) is 53.4 Å². The highest BCUT2D eigenvalue weighted by molar-refractivity contribution is 9.10. The van der Waals surface area contributed by atoms with Gasteiger partial charge in [-0.15, -0.1) is 0 Å². The SMILES string of the molecule is O=c1cnc2ccc(Br)cc2n1CC1OCCO1. The van der Waals surface area contributed by atoms with Crippen molar-refractivity contribution in [3.05, 3.63) is 39.2 Å². The molecule has 0 atom stereocenters. The van der Waals surface area contributed by atoms with E-state index in [-0.39, 0.29) is 11.8 Å². The maximum absolute atomic E-state index is 11.9. The molecule has 2 heterocycles. The van der Waals surface area contributed by atoms with Crippen LogP contribution in [-0.4, -0.2) is 29.1 Å². The number of aromatic nitrogens is 2. The molecule has 18 heavy (non-hydrogen) atoms. The molecule has 1 saturated heterocycles. The molecule has 2 aromatic rings. The van der Waals surface area contributed by atoms with Crippen molar-refractivity contribution in [2.75, 3.05) is 13.2 Å². The van der Waals surface area contributed by atoms with Gasteiger partial charge in [0.25, 0.3) is 5.56 Å². The van der Waals surface area contributed by atoms with Crippen molar-refractivity contribution in [3.63, 3.8) is 0 Å². The van der Waals surface area contributed by atoms with Crippen molar-refractivity contribution in [2.24, 2.45) is 0 Å². The Morgan fingerprint density at radius 3 is 2.94 bits per heavy atom. The van der Waals surface area contributed by atoms with Crippen LogP contribution in [0.2, 0.25) is 0 Å². The minimum atomic E-state index is -0.354. The van der Waals surface area contributed by atoms with Crippen molar-refractivity contribution in [2.45, 2.75) is 12.8 Å². The number of nitrogens with zero attached hydrogens (tertiary/aromatic N) is 2. The Labute approximate surface area is 111 Å². The van der Waals surface area contributed by atoms with Crippen LogP contribution < -0.4 is 5.56 Å². The largest absolute Gasteiger partial charge is 0.348 e. The van der Waals surface area contributed by atoms with Gasteiger partial charge < -0.3 is 14.0 Å². The number of ether oxygens (including phenoxy) is 2. The summed E-state index contributed by atoms with van der Waals surface area (Å²) in [6.45, 7) is 1.53. The molecule has 1 aliphatic rings. The van der Waals surface area contributed by atoms with E-state index < -0.39 is 0 Å². The van der Waals surface area contributed by atoms with Gasteiger partial charge in [0.15, 0.2) is 6.29 Å². The van der Waals surface area contributed by atoms with Crippen LogP contribution in [0.3, 0.4) is 0 Å². The quantitative estimate of drug-likeness (QED) is 0.844. The molecule has 94 valence electrons. The van der Waals surface area contributed by atoms with Crippen LogP contribution in [0.25, 0.3) is 11.0 Å². The summed E-state index contributed by atoms with van der Waals surface area (Å²) in [6.07, 6.45) is 0.970. The van der Waals surface area contributed by atoms with Crippen LogP contribution >= 0.6 is 15.9 Å². The molecule has 1 aliphatic heterocycles.